The van der Waals surface area contributed by atoms with Crippen molar-refractivity contribution >= 4 is 17.3 Å². The van der Waals surface area contributed by atoms with Crippen LogP contribution in [0.25, 0.3) is 0 Å². The first-order valence-corrected chi connectivity index (χ1v) is 5.32. The molecule has 0 aromatic heterocycles. The predicted octanol–water partition coefficient (Wildman–Crippen LogP) is 2.16. The number of carbonyl (C=O) groups excluding carboxylic acids is 1. The molecule has 1 N–H and O–H groups in total. The van der Waals surface area contributed by atoms with Gasteiger partial charge in [0.25, 0.3) is 0 Å². The van der Waals surface area contributed by atoms with Crippen LogP contribution in [0.15, 0.2) is 18.2 Å². The first kappa shape index (κ1) is 10.0. The molecule has 0 bridgehead atoms. The summed E-state index contributed by atoms with van der Waals surface area (Å²) >= 11 is 0. The van der Waals surface area contributed by atoms with Crippen LogP contribution in [0.2, 0.25) is 0 Å². The van der Waals surface area contributed by atoms with E-state index in [0.29, 0.717) is 0 Å². The molecule has 15 heavy (non-hydrogen) atoms. The Morgan fingerprint density at radius 1 is 1.47 bits per heavy atom. The first-order valence-electron chi connectivity index (χ1n) is 5.32. The van der Waals surface area contributed by atoms with E-state index in [-0.39, 0.29) is 11.9 Å². The highest BCUT2D eigenvalue weighted by Gasteiger charge is 2.28. The smallest absolute Gasteiger partial charge is 0.249 e. The minimum atomic E-state index is -0.126. The quantitative estimate of drug-likeness (QED) is 0.760. The normalized spacial score (nSPS) is 19.8. The maximum atomic E-state index is 11.9. The molecule has 0 saturated carbocycles. The van der Waals surface area contributed by atoms with Crippen molar-refractivity contribution in [3.05, 3.63) is 23.8 Å². The van der Waals surface area contributed by atoms with E-state index in [4.69, 9.17) is 0 Å². The van der Waals surface area contributed by atoms with Gasteiger partial charge in [-0.1, -0.05) is 12.1 Å². The van der Waals surface area contributed by atoms with Gasteiger partial charge in [0.2, 0.25) is 5.91 Å². The van der Waals surface area contributed by atoms with Crippen molar-refractivity contribution in [1.82, 2.24) is 0 Å². The van der Waals surface area contributed by atoms with Crippen LogP contribution in [0.5, 0.6) is 0 Å². The van der Waals surface area contributed by atoms with Gasteiger partial charge in [0.05, 0.1) is 11.4 Å². The second-order valence-electron chi connectivity index (χ2n) is 3.92. The Labute approximate surface area is 90.1 Å². The number of nitrogens with one attached hydrogen (secondary N) is 1. The topological polar surface area (TPSA) is 32.3 Å². The number of rotatable bonds is 1. The van der Waals surface area contributed by atoms with Crippen LogP contribution in [-0.2, 0) is 4.79 Å². The van der Waals surface area contributed by atoms with Crippen molar-refractivity contribution in [3.63, 3.8) is 0 Å². The number of nitrogens with zero attached hydrogens (tertiary/aromatic N) is 1. The van der Waals surface area contributed by atoms with Crippen LogP contribution in [0.4, 0.5) is 11.4 Å². The van der Waals surface area contributed by atoms with Crippen LogP contribution in [0, 0.1) is 6.92 Å². The highest BCUT2D eigenvalue weighted by molar-refractivity contribution is 6.05. The van der Waals surface area contributed by atoms with Crippen LogP contribution in [0.3, 0.4) is 0 Å². The molecule has 1 heterocycles. The van der Waals surface area contributed by atoms with Crippen molar-refractivity contribution in [2.75, 3.05) is 16.8 Å². The standard InChI is InChI=1S/C12H16N2O/c1-4-14-10-7-5-6-8(2)11(10)13-9(3)12(14)15/h5-7,9,13H,4H2,1-3H3. The van der Waals surface area contributed by atoms with E-state index in [1.165, 1.54) is 5.56 Å². The Hall–Kier alpha value is -1.51. The van der Waals surface area contributed by atoms with Gasteiger partial charge in [-0.15, -0.1) is 0 Å². The molecule has 0 spiro atoms. The molecular formula is C12H16N2O. The highest BCUT2D eigenvalue weighted by Crippen LogP contribution is 2.33. The Balaban J connectivity index is 2.54. The van der Waals surface area contributed by atoms with E-state index < -0.39 is 0 Å². The van der Waals surface area contributed by atoms with Crippen LogP contribution < -0.4 is 10.2 Å². The zero-order valence-electron chi connectivity index (χ0n) is 9.37. The van der Waals surface area contributed by atoms with Gasteiger partial charge < -0.3 is 10.2 Å². The fraction of sp³-hybridized carbons (Fsp3) is 0.417. The van der Waals surface area contributed by atoms with Crippen molar-refractivity contribution in [2.24, 2.45) is 0 Å². The zero-order chi connectivity index (χ0) is 11.0. The van der Waals surface area contributed by atoms with E-state index in [9.17, 15) is 4.79 Å². The summed E-state index contributed by atoms with van der Waals surface area (Å²) in [4.78, 5) is 13.7. The number of carbonyl (C=O) groups is 1. The molecular weight excluding hydrogens is 188 g/mol. The average molecular weight is 204 g/mol. The lowest BCUT2D eigenvalue weighted by atomic mass is 10.1. The lowest BCUT2D eigenvalue weighted by Crippen LogP contribution is -2.45. The molecule has 1 aromatic carbocycles. The summed E-state index contributed by atoms with van der Waals surface area (Å²) in [6.45, 7) is 6.69. The molecule has 0 aliphatic carbocycles. The summed E-state index contributed by atoms with van der Waals surface area (Å²) in [5, 5.41) is 3.25. The van der Waals surface area contributed by atoms with Gasteiger partial charge in [-0.2, -0.15) is 0 Å². The molecule has 0 radical (unpaired) electrons. The number of hydrogen-bond acceptors (Lipinski definition) is 2. The number of hydrogen-bond donors (Lipinski definition) is 1. The summed E-state index contributed by atoms with van der Waals surface area (Å²) in [7, 11) is 0. The maximum Gasteiger partial charge on any atom is 0.249 e. The molecule has 1 aromatic rings. The predicted molar refractivity (Wildman–Crippen MR) is 62.3 cm³/mol. The van der Waals surface area contributed by atoms with Crippen molar-refractivity contribution in [3.8, 4) is 0 Å². The number of para-hydroxylation sites is 1. The second kappa shape index (κ2) is 3.57. The summed E-state index contributed by atoms with van der Waals surface area (Å²) in [5.74, 6) is 0.149. The summed E-state index contributed by atoms with van der Waals surface area (Å²) < 4.78 is 0. The molecule has 1 amide bonds. The molecule has 3 heteroatoms. The highest BCUT2D eigenvalue weighted by atomic mass is 16.2. The third-order valence-corrected chi connectivity index (χ3v) is 2.86. The lowest BCUT2D eigenvalue weighted by Gasteiger charge is -2.34. The molecule has 1 aliphatic heterocycles. The molecule has 80 valence electrons. The maximum absolute atomic E-state index is 11.9. The number of fused-ring (bicyclic) bond motifs is 1. The van der Waals surface area contributed by atoms with E-state index >= 15 is 0 Å². The molecule has 1 aliphatic rings. The Morgan fingerprint density at radius 2 is 2.20 bits per heavy atom. The average Bonchev–Trinajstić information content (AvgIpc) is 2.22. The Morgan fingerprint density at radius 3 is 2.87 bits per heavy atom. The van der Waals surface area contributed by atoms with Gasteiger partial charge >= 0.3 is 0 Å². The van der Waals surface area contributed by atoms with Gasteiger partial charge in [0.1, 0.15) is 6.04 Å². The molecule has 3 nitrogen and oxygen atoms in total. The van der Waals surface area contributed by atoms with E-state index in [0.717, 1.165) is 17.9 Å². The van der Waals surface area contributed by atoms with Gasteiger partial charge in [-0.3, -0.25) is 4.79 Å². The van der Waals surface area contributed by atoms with Crippen molar-refractivity contribution in [2.45, 2.75) is 26.8 Å². The number of anilines is 2. The minimum Gasteiger partial charge on any atom is -0.372 e. The summed E-state index contributed by atoms with van der Waals surface area (Å²) in [6.07, 6.45) is 0. The van der Waals surface area contributed by atoms with Crippen LogP contribution in [0.1, 0.15) is 19.4 Å². The summed E-state index contributed by atoms with van der Waals surface area (Å²) in [5.41, 5.74) is 3.28. The largest absolute Gasteiger partial charge is 0.372 e. The second-order valence-corrected chi connectivity index (χ2v) is 3.92. The SMILES string of the molecule is CCN1C(=O)C(C)Nc2c(C)cccc21. The number of likely N-dealkylation sites (N-methyl/N-ethyl adjacent to an activating group) is 1. The number of benzene rings is 1. The monoisotopic (exact) mass is 204 g/mol. The van der Waals surface area contributed by atoms with E-state index in [1.807, 2.05) is 30.9 Å². The molecule has 1 atom stereocenters. The zero-order valence-corrected chi connectivity index (χ0v) is 9.37. The van der Waals surface area contributed by atoms with Crippen LogP contribution in [-0.4, -0.2) is 18.5 Å². The van der Waals surface area contributed by atoms with Gasteiger partial charge in [-0.25, -0.2) is 0 Å². The molecule has 0 saturated heterocycles. The fourth-order valence-corrected chi connectivity index (χ4v) is 2.02. The Bertz CT molecular complexity index is 401. The molecule has 1 unspecified atom stereocenters. The third-order valence-electron chi connectivity index (χ3n) is 2.86. The van der Waals surface area contributed by atoms with Crippen LogP contribution >= 0.6 is 0 Å². The van der Waals surface area contributed by atoms with E-state index in [2.05, 4.69) is 18.3 Å². The summed E-state index contributed by atoms with van der Waals surface area (Å²) in [6, 6.07) is 5.91. The Kier molecular flexibility index (Phi) is 2.39. The van der Waals surface area contributed by atoms with Gasteiger partial charge in [-0.05, 0) is 32.4 Å². The number of amides is 1. The third kappa shape index (κ3) is 1.48. The van der Waals surface area contributed by atoms with Crippen molar-refractivity contribution < 1.29 is 4.79 Å². The minimum absolute atomic E-state index is 0.126. The first-order chi connectivity index (χ1) is 7.15. The fourth-order valence-electron chi connectivity index (χ4n) is 2.02. The van der Waals surface area contributed by atoms with Gasteiger partial charge in [0.15, 0.2) is 0 Å². The van der Waals surface area contributed by atoms with Crippen molar-refractivity contribution in [1.29, 1.82) is 0 Å². The number of aryl methyl sites for hydroxylation is 1. The molecule has 0 fully saturated rings. The van der Waals surface area contributed by atoms with E-state index in [1.54, 1.807) is 0 Å². The molecule has 2 rings (SSSR count). The lowest BCUT2D eigenvalue weighted by molar-refractivity contribution is -0.119. The van der Waals surface area contributed by atoms with Gasteiger partial charge in [0, 0.05) is 6.54 Å².